The zero-order chi connectivity index (χ0) is 18.5. The number of benzene rings is 2. The predicted molar refractivity (Wildman–Crippen MR) is 101 cm³/mol. The first-order valence-electron chi connectivity index (χ1n) is 7.87. The number of non-ortho nitro benzene ring substituents is 1. The molecule has 0 spiro atoms. The highest BCUT2D eigenvalue weighted by molar-refractivity contribution is 7.07. The largest absolute Gasteiger partial charge is 0.508 e. The molecule has 0 aliphatic rings. The molecule has 0 bridgehead atoms. The van der Waals surface area contributed by atoms with Crippen LogP contribution in [0.1, 0.15) is 12.5 Å². The number of nitro groups is 1. The Hall–Kier alpha value is -3.26. The second-order valence-corrected chi connectivity index (χ2v) is 6.23. The molecule has 2 aromatic carbocycles. The van der Waals surface area contributed by atoms with Gasteiger partial charge < -0.3 is 9.67 Å². The van der Waals surface area contributed by atoms with E-state index in [2.05, 4.69) is 10.2 Å². The molecule has 1 heterocycles. The van der Waals surface area contributed by atoms with Gasteiger partial charge in [-0.25, -0.2) is 0 Å². The molecule has 0 atom stereocenters. The van der Waals surface area contributed by atoms with E-state index in [0.717, 1.165) is 16.8 Å². The summed E-state index contributed by atoms with van der Waals surface area (Å²) in [5.41, 5.74) is 2.51. The van der Waals surface area contributed by atoms with Crippen LogP contribution in [0.15, 0.2) is 64.1 Å². The molecule has 0 saturated heterocycles. The van der Waals surface area contributed by atoms with Gasteiger partial charge in [-0.2, -0.15) is 5.10 Å². The molecule has 1 N–H and O–H groups in total. The number of nitro benzene ring substituents is 1. The minimum atomic E-state index is -0.403. The van der Waals surface area contributed by atoms with Crippen LogP contribution in [0, 0.1) is 10.1 Å². The van der Waals surface area contributed by atoms with Crippen LogP contribution in [0.3, 0.4) is 0 Å². The fraction of sp³-hybridized carbons (Fsp3) is 0.111. The van der Waals surface area contributed by atoms with E-state index in [1.807, 2.05) is 22.9 Å². The third-order valence-electron chi connectivity index (χ3n) is 3.71. The number of rotatable bonds is 5. The quantitative estimate of drug-likeness (QED) is 0.422. The van der Waals surface area contributed by atoms with Crippen molar-refractivity contribution in [3.63, 3.8) is 0 Å². The van der Waals surface area contributed by atoms with E-state index >= 15 is 0 Å². The molecule has 26 heavy (non-hydrogen) atoms. The monoisotopic (exact) mass is 368 g/mol. The van der Waals surface area contributed by atoms with Gasteiger partial charge in [0.25, 0.3) is 5.69 Å². The van der Waals surface area contributed by atoms with Gasteiger partial charge in [-0.3, -0.25) is 10.1 Å². The molecule has 0 saturated carbocycles. The van der Waals surface area contributed by atoms with Gasteiger partial charge in [0.2, 0.25) is 4.80 Å². The molecule has 3 rings (SSSR count). The van der Waals surface area contributed by atoms with Gasteiger partial charge in [-0.15, -0.1) is 16.4 Å². The van der Waals surface area contributed by atoms with Gasteiger partial charge in [0.15, 0.2) is 0 Å². The molecule has 8 heteroatoms. The number of nitrogens with zero attached hydrogens (tertiary/aromatic N) is 4. The number of thiazole rings is 1. The van der Waals surface area contributed by atoms with Gasteiger partial charge in [0, 0.05) is 29.6 Å². The van der Waals surface area contributed by atoms with Crippen molar-refractivity contribution in [1.82, 2.24) is 4.57 Å². The SMILES string of the molecule is CCn1c(-c2cccc([N+](=O)[O-])c2)cs/c1=N\N=C/c1ccc(O)cc1. The number of hydrogen-bond acceptors (Lipinski definition) is 6. The first-order valence-corrected chi connectivity index (χ1v) is 8.75. The van der Waals surface area contributed by atoms with Crippen molar-refractivity contribution in [2.24, 2.45) is 10.2 Å². The highest BCUT2D eigenvalue weighted by atomic mass is 32.1. The summed E-state index contributed by atoms with van der Waals surface area (Å²) < 4.78 is 1.96. The van der Waals surface area contributed by atoms with Gasteiger partial charge >= 0.3 is 0 Å². The van der Waals surface area contributed by atoms with Crippen LogP contribution in [0.25, 0.3) is 11.3 Å². The lowest BCUT2D eigenvalue weighted by atomic mass is 10.1. The number of hydrogen-bond donors (Lipinski definition) is 1. The van der Waals surface area contributed by atoms with E-state index < -0.39 is 4.92 Å². The van der Waals surface area contributed by atoms with Crippen LogP contribution in [0.5, 0.6) is 5.75 Å². The zero-order valence-corrected chi connectivity index (χ0v) is 14.8. The molecule has 0 aliphatic heterocycles. The molecule has 3 aromatic rings. The third-order valence-corrected chi connectivity index (χ3v) is 4.56. The molecular weight excluding hydrogens is 352 g/mol. The Balaban J connectivity index is 1.94. The smallest absolute Gasteiger partial charge is 0.270 e. The molecule has 0 aliphatic carbocycles. The Bertz CT molecular complexity index is 1020. The van der Waals surface area contributed by atoms with Crippen molar-refractivity contribution in [2.75, 3.05) is 0 Å². The Morgan fingerprint density at radius 2 is 2.04 bits per heavy atom. The van der Waals surface area contributed by atoms with Crippen LogP contribution in [0.2, 0.25) is 0 Å². The van der Waals surface area contributed by atoms with Crippen LogP contribution < -0.4 is 4.80 Å². The maximum absolute atomic E-state index is 11.0. The van der Waals surface area contributed by atoms with E-state index in [1.54, 1.807) is 42.6 Å². The fourth-order valence-electron chi connectivity index (χ4n) is 2.43. The summed E-state index contributed by atoms with van der Waals surface area (Å²) in [6, 6.07) is 13.2. The number of aromatic hydroxyl groups is 1. The predicted octanol–water partition coefficient (Wildman–Crippen LogP) is 3.79. The van der Waals surface area contributed by atoms with Crippen LogP contribution in [0.4, 0.5) is 5.69 Å². The molecule has 1 aromatic heterocycles. The molecular formula is C18H16N4O3S. The highest BCUT2D eigenvalue weighted by Gasteiger charge is 2.11. The standard InChI is InChI=1S/C18H16N4O3S/c1-2-21-17(14-4-3-5-15(10-14)22(24)25)12-26-18(21)20-19-11-13-6-8-16(23)9-7-13/h3-12,23H,2H2,1H3/b19-11-,20-18-. The lowest BCUT2D eigenvalue weighted by Gasteiger charge is -2.05. The average Bonchev–Trinajstić information content (AvgIpc) is 3.06. The summed E-state index contributed by atoms with van der Waals surface area (Å²) in [4.78, 5) is 11.3. The van der Waals surface area contributed by atoms with E-state index in [4.69, 9.17) is 0 Å². The Kier molecular flexibility index (Phi) is 5.23. The van der Waals surface area contributed by atoms with E-state index in [0.29, 0.717) is 11.3 Å². The minimum Gasteiger partial charge on any atom is -0.508 e. The summed E-state index contributed by atoms with van der Waals surface area (Å²) in [5.74, 6) is 0.197. The van der Waals surface area contributed by atoms with Crippen LogP contribution in [-0.2, 0) is 6.54 Å². The van der Waals surface area contributed by atoms with Gasteiger partial charge in [0.05, 0.1) is 16.8 Å². The Morgan fingerprint density at radius 1 is 1.27 bits per heavy atom. The maximum Gasteiger partial charge on any atom is 0.270 e. The van der Waals surface area contributed by atoms with Crippen molar-refractivity contribution in [3.05, 3.63) is 74.4 Å². The van der Waals surface area contributed by atoms with Crippen molar-refractivity contribution < 1.29 is 10.0 Å². The number of phenolic OH excluding ortho intramolecular Hbond substituents is 1. The van der Waals surface area contributed by atoms with E-state index in [1.165, 1.54) is 17.4 Å². The van der Waals surface area contributed by atoms with Gasteiger partial charge in [-0.1, -0.05) is 12.1 Å². The topological polar surface area (TPSA) is 93.0 Å². The Labute approximate surface area is 153 Å². The first-order chi connectivity index (χ1) is 12.6. The highest BCUT2D eigenvalue weighted by Crippen LogP contribution is 2.24. The first kappa shape index (κ1) is 17.6. The van der Waals surface area contributed by atoms with E-state index in [-0.39, 0.29) is 11.4 Å². The molecule has 0 amide bonds. The molecule has 7 nitrogen and oxygen atoms in total. The van der Waals surface area contributed by atoms with Crippen LogP contribution in [-0.4, -0.2) is 20.8 Å². The summed E-state index contributed by atoms with van der Waals surface area (Å²) in [5, 5.41) is 30.5. The van der Waals surface area contributed by atoms with Crippen molar-refractivity contribution >= 4 is 23.2 Å². The van der Waals surface area contributed by atoms with Crippen molar-refractivity contribution in [2.45, 2.75) is 13.5 Å². The lowest BCUT2D eigenvalue weighted by molar-refractivity contribution is -0.384. The second kappa shape index (κ2) is 7.75. The lowest BCUT2D eigenvalue weighted by Crippen LogP contribution is -2.14. The summed E-state index contributed by atoms with van der Waals surface area (Å²) >= 11 is 1.42. The Morgan fingerprint density at radius 3 is 2.73 bits per heavy atom. The zero-order valence-electron chi connectivity index (χ0n) is 13.9. The normalized spacial score (nSPS) is 12.0. The second-order valence-electron chi connectivity index (χ2n) is 5.39. The third kappa shape index (κ3) is 3.86. The van der Waals surface area contributed by atoms with Crippen molar-refractivity contribution in [1.29, 1.82) is 0 Å². The maximum atomic E-state index is 11.0. The summed E-state index contributed by atoms with van der Waals surface area (Å²) in [6.07, 6.45) is 1.60. The minimum absolute atomic E-state index is 0.0557. The van der Waals surface area contributed by atoms with Gasteiger partial charge in [0.1, 0.15) is 5.75 Å². The summed E-state index contributed by atoms with van der Waals surface area (Å²) in [7, 11) is 0. The number of aromatic nitrogens is 1. The average molecular weight is 368 g/mol. The molecule has 0 unspecified atom stereocenters. The van der Waals surface area contributed by atoms with Gasteiger partial charge in [-0.05, 0) is 36.8 Å². The molecule has 0 radical (unpaired) electrons. The van der Waals surface area contributed by atoms with Crippen LogP contribution >= 0.6 is 11.3 Å². The number of phenols is 1. The fourth-order valence-corrected chi connectivity index (χ4v) is 3.36. The molecule has 0 fully saturated rings. The van der Waals surface area contributed by atoms with E-state index in [9.17, 15) is 15.2 Å². The van der Waals surface area contributed by atoms with Crippen molar-refractivity contribution in [3.8, 4) is 17.0 Å². The summed E-state index contributed by atoms with van der Waals surface area (Å²) in [6.45, 7) is 2.64. The molecule has 132 valence electrons.